The number of rotatable bonds is 5. The van der Waals surface area contributed by atoms with E-state index in [1.54, 1.807) is 6.07 Å². The number of nitrogens with zero attached hydrogens (tertiary/aromatic N) is 5. The second kappa shape index (κ2) is 6.53. The van der Waals surface area contributed by atoms with Crippen molar-refractivity contribution in [2.75, 3.05) is 5.73 Å². The Morgan fingerprint density at radius 3 is 2.96 bits per heavy atom. The summed E-state index contributed by atoms with van der Waals surface area (Å²) in [5.74, 6) is 0.364. The summed E-state index contributed by atoms with van der Waals surface area (Å²) in [6.07, 6.45) is 3.51. The van der Waals surface area contributed by atoms with Gasteiger partial charge in [-0.05, 0) is 18.6 Å². The Morgan fingerprint density at radius 1 is 1.28 bits per heavy atom. The average molecular weight is 375 g/mol. The van der Waals surface area contributed by atoms with E-state index in [0.717, 1.165) is 30.2 Å². The molecule has 3 aromatic heterocycles. The van der Waals surface area contributed by atoms with E-state index >= 15 is 0 Å². The molecule has 0 saturated carbocycles. The lowest BCUT2D eigenvalue weighted by Gasteiger charge is -2.05. The number of nitrogens with two attached hydrogens (primary N) is 1. The fraction of sp³-hybridized carbons (Fsp3) is 0.250. The van der Waals surface area contributed by atoms with E-state index in [2.05, 4.69) is 26.9 Å². The molecule has 0 saturated heterocycles. The van der Waals surface area contributed by atoms with Crippen LogP contribution in [-0.2, 0) is 6.54 Å². The Hall–Kier alpha value is -2.32. The van der Waals surface area contributed by atoms with E-state index in [0.29, 0.717) is 32.7 Å². The van der Waals surface area contributed by atoms with Crippen molar-refractivity contribution in [2.45, 2.75) is 36.7 Å². The minimum absolute atomic E-state index is 0.364. The Morgan fingerprint density at radius 2 is 2.16 bits per heavy atom. The fourth-order valence-electron chi connectivity index (χ4n) is 2.55. The predicted molar refractivity (Wildman–Crippen MR) is 97.8 cm³/mol. The summed E-state index contributed by atoms with van der Waals surface area (Å²) in [5.41, 5.74) is 8.55. The molecule has 0 unspecified atom stereocenters. The summed E-state index contributed by atoms with van der Waals surface area (Å²) in [4.78, 5) is 17.4. The van der Waals surface area contributed by atoms with Gasteiger partial charge in [0, 0.05) is 18.3 Å². The fourth-order valence-corrected chi connectivity index (χ4v) is 3.60. The second-order valence-corrected chi connectivity index (χ2v) is 6.83. The molecule has 9 heteroatoms. The summed E-state index contributed by atoms with van der Waals surface area (Å²) < 4.78 is 7.81. The van der Waals surface area contributed by atoms with Gasteiger partial charge in [-0.3, -0.25) is 0 Å². The zero-order valence-electron chi connectivity index (χ0n) is 13.4. The molecule has 4 rings (SSSR count). The van der Waals surface area contributed by atoms with Gasteiger partial charge >= 0.3 is 0 Å². The van der Waals surface area contributed by atoms with E-state index in [9.17, 15) is 0 Å². The quantitative estimate of drug-likeness (QED) is 0.560. The van der Waals surface area contributed by atoms with Crippen LogP contribution in [0.5, 0.6) is 0 Å². The van der Waals surface area contributed by atoms with Crippen molar-refractivity contribution >= 4 is 51.4 Å². The lowest BCUT2D eigenvalue weighted by atomic mass is 10.3. The molecule has 25 heavy (non-hydrogen) atoms. The first-order valence-corrected chi connectivity index (χ1v) is 9.06. The largest absolute Gasteiger partial charge is 0.429 e. The molecule has 128 valence electrons. The maximum atomic E-state index is 6.16. The molecule has 0 radical (unpaired) electrons. The number of para-hydroxylation sites is 1. The summed E-state index contributed by atoms with van der Waals surface area (Å²) in [5, 5.41) is 1.73. The zero-order chi connectivity index (χ0) is 17.4. The Balaban J connectivity index is 1.79. The van der Waals surface area contributed by atoms with Crippen molar-refractivity contribution in [3.63, 3.8) is 0 Å². The molecule has 0 aliphatic heterocycles. The number of fused-ring (bicyclic) bond motifs is 2. The number of hydrogen-bond donors (Lipinski definition) is 1. The summed E-state index contributed by atoms with van der Waals surface area (Å²) in [6.45, 7) is 2.92. The number of hydrogen-bond acceptors (Lipinski definition) is 7. The van der Waals surface area contributed by atoms with Crippen LogP contribution < -0.4 is 5.73 Å². The minimum Gasteiger partial charge on any atom is -0.429 e. The number of oxazole rings is 1. The van der Waals surface area contributed by atoms with Gasteiger partial charge in [0.25, 0.3) is 5.22 Å². The topological polar surface area (TPSA) is 95.7 Å². The molecule has 4 aromatic rings. The van der Waals surface area contributed by atoms with Crippen molar-refractivity contribution < 1.29 is 4.42 Å². The Kier molecular flexibility index (Phi) is 4.22. The first-order chi connectivity index (χ1) is 12.2. The maximum absolute atomic E-state index is 6.16. The van der Waals surface area contributed by atoms with Gasteiger partial charge in [0.1, 0.15) is 11.8 Å². The van der Waals surface area contributed by atoms with Gasteiger partial charge in [0.2, 0.25) is 0 Å². The van der Waals surface area contributed by atoms with Crippen molar-refractivity contribution in [1.82, 2.24) is 24.5 Å². The molecule has 1 aromatic carbocycles. The number of anilines is 1. The highest BCUT2D eigenvalue weighted by molar-refractivity contribution is 7.99. The molecular weight excluding hydrogens is 360 g/mol. The van der Waals surface area contributed by atoms with Crippen LogP contribution in [0.4, 0.5) is 5.82 Å². The molecule has 0 fully saturated rings. The monoisotopic (exact) mass is 374 g/mol. The first kappa shape index (κ1) is 16.2. The Bertz CT molecular complexity index is 1060. The van der Waals surface area contributed by atoms with E-state index in [4.69, 9.17) is 21.8 Å². The molecule has 0 aliphatic rings. The van der Waals surface area contributed by atoms with Crippen LogP contribution in [-0.4, -0.2) is 24.5 Å². The molecule has 3 heterocycles. The van der Waals surface area contributed by atoms with Gasteiger partial charge in [0.05, 0.1) is 5.02 Å². The molecule has 0 spiro atoms. The van der Waals surface area contributed by atoms with Crippen LogP contribution in [0.2, 0.25) is 5.02 Å². The molecular formula is C16H15ClN6OS. The van der Waals surface area contributed by atoms with Crippen LogP contribution in [0.3, 0.4) is 0 Å². The van der Waals surface area contributed by atoms with Gasteiger partial charge < -0.3 is 14.7 Å². The SMILES string of the molecule is CCCCn1c(Sc2nc3cccc(Cl)c3o2)nc2c(N)ncnc21. The van der Waals surface area contributed by atoms with Gasteiger partial charge in [-0.25, -0.2) is 19.9 Å². The number of benzene rings is 1. The second-order valence-electron chi connectivity index (χ2n) is 5.50. The highest BCUT2D eigenvalue weighted by Crippen LogP contribution is 2.34. The third-order valence-electron chi connectivity index (χ3n) is 3.79. The standard InChI is InChI=1S/C16H15ClN6OS/c1-2-3-7-23-14-11(13(18)19-8-20-14)22-15(23)25-16-21-10-6-4-5-9(17)12(10)24-16/h4-6,8H,2-3,7H2,1H3,(H2,18,19,20). The number of aryl methyl sites for hydroxylation is 1. The minimum atomic E-state index is 0.364. The van der Waals surface area contributed by atoms with Crippen molar-refractivity contribution in [3.05, 3.63) is 29.5 Å². The van der Waals surface area contributed by atoms with Crippen molar-refractivity contribution in [1.29, 1.82) is 0 Å². The maximum Gasteiger partial charge on any atom is 0.264 e. The predicted octanol–water partition coefficient (Wildman–Crippen LogP) is 4.15. The highest BCUT2D eigenvalue weighted by atomic mass is 35.5. The number of halogens is 1. The number of unbranched alkanes of at least 4 members (excludes halogenated alkanes) is 1. The lowest BCUT2D eigenvalue weighted by molar-refractivity contribution is 0.487. The highest BCUT2D eigenvalue weighted by Gasteiger charge is 2.18. The van der Waals surface area contributed by atoms with Crippen molar-refractivity contribution in [2.24, 2.45) is 0 Å². The normalized spacial score (nSPS) is 11.6. The third kappa shape index (κ3) is 2.91. The van der Waals surface area contributed by atoms with Gasteiger partial charge in [0.15, 0.2) is 27.7 Å². The van der Waals surface area contributed by atoms with E-state index in [-0.39, 0.29) is 0 Å². The zero-order valence-corrected chi connectivity index (χ0v) is 15.0. The number of imidazole rings is 1. The van der Waals surface area contributed by atoms with Gasteiger partial charge in [-0.2, -0.15) is 0 Å². The van der Waals surface area contributed by atoms with E-state index in [1.165, 1.54) is 18.1 Å². The smallest absolute Gasteiger partial charge is 0.264 e. The van der Waals surface area contributed by atoms with Crippen LogP contribution in [0.15, 0.2) is 39.3 Å². The van der Waals surface area contributed by atoms with Crippen LogP contribution >= 0.6 is 23.4 Å². The lowest BCUT2D eigenvalue weighted by Crippen LogP contribution is -2.01. The molecule has 0 atom stereocenters. The van der Waals surface area contributed by atoms with Crippen LogP contribution in [0, 0.1) is 0 Å². The summed E-state index contributed by atoms with van der Waals surface area (Å²) in [7, 11) is 0. The van der Waals surface area contributed by atoms with Crippen LogP contribution in [0.25, 0.3) is 22.3 Å². The molecule has 0 amide bonds. The first-order valence-electron chi connectivity index (χ1n) is 7.87. The van der Waals surface area contributed by atoms with E-state index in [1.807, 2.05) is 16.7 Å². The molecule has 7 nitrogen and oxygen atoms in total. The van der Waals surface area contributed by atoms with E-state index < -0.39 is 0 Å². The Labute approximate surface area is 152 Å². The summed E-state index contributed by atoms with van der Waals surface area (Å²) >= 11 is 7.49. The van der Waals surface area contributed by atoms with Crippen LogP contribution in [0.1, 0.15) is 19.8 Å². The molecule has 0 bridgehead atoms. The number of nitrogen functional groups attached to an aromatic ring is 1. The summed E-state index contributed by atoms with van der Waals surface area (Å²) in [6, 6.07) is 5.48. The third-order valence-corrected chi connectivity index (χ3v) is 4.93. The molecule has 0 aliphatic carbocycles. The number of aromatic nitrogens is 5. The van der Waals surface area contributed by atoms with Gasteiger partial charge in [-0.1, -0.05) is 31.0 Å². The van der Waals surface area contributed by atoms with Crippen molar-refractivity contribution in [3.8, 4) is 0 Å². The van der Waals surface area contributed by atoms with Gasteiger partial charge in [-0.15, -0.1) is 0 Å². The molecule has 2 N–H and O–H groups in total. The average Bonchev–Trinajstić information content (AvgIpc) is 3.16.